The van der Waals surface area contributed by atoms with Crippen LogP contribution >= 0.6 is 0 Å². The lowest BCUT2D eigenvalue weighted by molar-refractivity contribution is -2.00. The van der Waals surface area contributed by atoms with E-state index in [9.17, 15) is 19.5 Å². The molecule has 0 spiro atoms. The standard InChI is InChI=1S/C60H66N4O4.C48H62N4.2ClHO4/c1-9-13-15-43(11-3)59(67)61-53-37-49(63(45-25-17-39(5)18-26-45)46-27-19-40(6)20-28-46)33-35-51(53)55-57(65)56(58(55)66)52-36-34-50(38-54(52)62-60(68)44(12-4)16-14-10-2)64(47-29-21-41(7)22-30-47)48-31-23-42(8)24-32-48;1-7-11-35-49(36-12-8-2)41-23-27-45(28-24-41)52(46-29-25-42(26-30-46)50(37-13-9-3)38-14-10-4)48-33-31-47(32-34-48)51(43-19-15-39(5)16-20-43)44-21-17-40(6)18-22-44;2*2-1(3,4)5/h17-38,43-44,65H,9-16H2,1-8H3,(H,61,67);15-34H,7-14,35-38H2,1-6H3;2*(H,2,3,4,5)/q;+2;;/p-2/b56-52+,62-54?;;;. The van der Waals surface area contributed by atoms with E-state index in [0.29, 0.717) is 35.4 Å². The van der Waals surface area contributed by atoms with E-state index in [0.717, 1.165) is 155 Å². The van der Waals surface area contributed by atoms with Gasteiger partial charge < -0.3 is 30.0 Å². The number of allylic oxidation sites excluding steroid dienone is 10. The van der Waals surface area contributed by atoms with Crippen molar-refractivity contribution in [2.75, 3.05) is 51.1 Å². The maximum atomic E-state index is 14.8. The van der Waals surface area contributed by atoms with Crippen molar-refractivity contribution >= 4 is 109 Å². The van der Waals surface area contributed by atoms with Crippen LogP contribution in [0, 0.1) is 73.9 Å². The van der Waals surface area contributed by atoms with E-state index in [1.54, 1.807) is 12.1 Å². The third-order valence-electron chi connectivity index (χ3n) is 23.2. The first-order valence-corrected chi connectivity index (χ1v) is 48.2. The SMILES string of the molecule is CCCCC(CC)C(=O)Nc1cc(N(c2ccc(C)cc2)c2ccc(C)cc2)ccc1C1=C([O-])/C(=C2/C=CC(N(c3ccc(C)cc3)c3ccc(C)cc3)=CC2=[NH+]C(=O)C(CC)CCCC)C1=O.CCCCN(CCCC)c1ccc([N+](=C2C=CC(=[N+](CCCC)CCCC)C=C2)c2ccc(N(c3ccc(C)cc3)c3ccc(C)cc3)cc2)cc1.[O-][Cl+3]([O-])([O-])[O-].[O-][Cl+3]([O-])([O-])[O-]. The summed E-state index contributed by atoms with van der Waals surface area (Å²) in [4.78, 5) is 55.4. The highest BCUT2D eigenvalue weighted by atomic mass is 35.7. The van der Waals surface area contributed by atoms with Crippen LogP contribution in [0.1, 0.15) is 197 Å². The van der Waals surface area contributed by atoms with Crippen LogP contribution in [0.15, 0.2) is 277 Å². The molecule has 686 valence electrons. The number of ketones is 1. The Morgan fingerprint density at radius 3 is 1.10 bits per heavy atom. The van der Waals surface area contributed by atoms with Crippen molar-refractivity contribution in [3.05, 3.63) is 316 Å². The second-order valence-electron chi connectivity index (χ2n) is 33.4. The van der Waals surface area contributed by atoms with Gasteiger partial charge in [0.2, 0.25) is 28.7 Å². The van der Waals surface area contributed by atoms with E-state index in [1.807, 2.05) is 65.8 Å². The number of unbranched alkanes of at least 4 members (excludes halogenated alkanes) is 6. The van der Waals surface area contributed by atoms with Crippen molar-refractivity contribution in [2.24, 2.45) is 11.8 Å². The number of aryl methyl sites for hydroxylation is 6. The molecule has 0 saturated carbocycles. The fourth-order valence-corrected chi connectivity index (χ4v) is 15.7. The largest absolute Gasteiger partial charge is 0.871 e. The average Bonchev–Trinajstić information content (AvgIpc) is 0.728. The van der Waals surface area contributed by atoms with Gasteiger partial charge in [0.1, 0.15) is 13.1 Å². The van der Waals surface area contributed by atoms with E-state index >= 15 is 0 Å². The smallest absolute Gasteiger partial charge is 0.388 e. The van der Waals surface area contributed by atoms with Crippen molar-refractivity contribution in [1.29, 1.82) is 0 Å². The summed E-state index contributed by atoms with van der Waals surface area (Å²) in [5.41, 5.74) is 23.2. The number of halogens is 2. The first kappa shape index (κ1) is 102. The van der Waals surface area contributed by atoms with Crippen LogP contribution in [0.3, 0.4) is 0 Å². The number of anilines is 10. The van der Waals surface area contributed by atoms with Gasteiger partial charge in [0.15, 0.2) is 11.5 Å². The molecule has 0 aliphatic heterocycles. The normalized spacial score (nSPS) is 14.2. The molecule has 9 aromatic rings. The van der Waals surface area contributed by atoms with Crippen LogP contribution in [0.25, 0.3) is 5.57 Å². The number of Topliss-reactive ketones (excluding diaryl/α,β-unsaturated/α-hetero) is 1. The maximum Gasteiger partial charge on any atom is 0.388 e. The number of nitrogens with zero attached hydrogens (tertiary/aromatic N) is 6. The molecule has 22 heteroatoms. The number of hydrogen-bond donors (Lipinski definition) is 2. The van der Waals surface area contributed by atoms with E-state index < -0.39 is 32.0 Å². The zero-order valence-corrected chi connectivity index (χ0v) is 79.4. The lowest BCUT2D eigenvalue weighted by Crippen LogP contribution is -2.79. The number of carbonyl (C=O) groups excluding carboxylic acids is 3. The summed E-state index contributed by atoms with van der Waals surface area (Å²) in [7, 11) is -9.89. The molecular formula is C108H128Cl2N8O12. The van der Waals surface area contributed by atoms with Crippen LogP contribution in [0.2, 0.25) is 0 Å². The Bertz CT molecular complexity index is 5320. The minimum absolute atomic E-state index is 0.00245. The van der Waals surface area contributed by atoms with Gasteiger partial charge in [0.25, 0.3) is 0 Å². The minimum Gasteiger partial charge on any atom is -0.871 e. The first-order chi connectivity index (χ1) is 62.3. The fourth-order valence-electron chi connectivity index (χ4n) is 15.7. The Balaban J connectivity index is 0.000000273. The highest BCUT2D eigenvalue weighted by Crippen LogP contribution is 2.45. The summed E-state index contributed by atoms with van der Waals surface area (Å²) >= 11 is 0. The van der Waals surface area contributed by atoms with Gasteiger partial charge in [-0.1, -0.05) is 225 Å². The topological polar surface area (TPSA) is 304 Å². The molecule has 12 rings (SSSR count). The Hall–Kier alpha value is -11.5. The number of rotatable bonds is 36. The molecule has 0 bridgehead atoms. The highest BCUT2D eigenvalue weighted by Gasteiger charge is 2.38. The molecule has 0 heterocycles. The van der Waals surface area contributed by atoms with Crippen molar-refractivity contribution in [2.45, 2.75) is 200 Å². The molecule has 2 N–H and O–H groups in total. The molecule has 3 aliphatic carbocycles. The van der Waals surface area contributed by atoms with Crippen molar-refractivity contribution in [1.82, 2.24) is 4.58 Å². The van der Waals surface area contributed by atoms with Gasteiger partial charge in [-0.05, 0) is 201 Å². The van der Waals surface area contributed by atoms with E-state index in [4.69, 9.17) is 37.3 Å². The van der Waals surface area contributed by atoms with E-state index in [1.165, 1.54) is 73.9 Å². The maximum absolute atomic E-state index is 14.8. The van der Waals surface area contributed by atoms with Crippen LogP contribution in [0.5, 0.6) is 0 Å². The van der Waals surface area contributed by atoms with Gasteiger partial charge >= 0.3 is 5.91 Å². The van der Waals surface area contributed by atoms with Crippen LogP contribution in [-0.4, -0.2) is 65.5 Å². The monoisotopic (exact) mass is 1800 g/mol. The Morgan fingerprint density at radius 2 is 0.731 bits per heavy atom. The highest BCUT2D eigenvalue weighted by molar-refractivity contribution is 6.42. The van der Waals surface area contributed by atoms with Crippen LogP contribution < -0.4 is 76.9 Å². The lowest BCUT2D eigenvalue weighted by Gasteiger charge is -2.34. The lowest BCUT2D eigenvalue weighted by atomic mass is 9.78. The second kappa shape index (κ2) is 50.1. The number of amides is 2. The average molecular weight is 1800 g/mol. The fraction of sp³-hybridized carbons (Fsp3) is 0.333. The van der Waals surface area contributed by atoms with E-state index in [2.05, 4.69) is 313 Å². The molecule has 0 fully saturated rings. The summed E-state index contributed by atoms with van der Waals surface area (Å²) in [6.45, 7) is 34.3. The summed E-state index contributed by atoms with van der Waals surface area (Å²) in [6.07, 6.45) is 31.0. The zero-order valence-electron chi connectivity index (χ0n) is 77.9. The molecule has 2 unspecified atom stereocenters. The Kier molecular flexibility index (Phi) is 39.4. The van der Waals surface area contributed by atoms with Gasteiger partial charge in [-0.2, -0.15) is 9.57 Å². The molecular weight excluding hydrogens is 1670 g/mol. The number of nitrogens with one attached hydrogen (secondary N) is 2. The van der Waals surface area contributed by atoms with Gasteiger partial charge in [0.05, 0.1) is 22.9 Å². The quantitative estimate of drug-likeness (QED) is 0.0209. The van der Waals surface area contributed by atoms with Gasteiger partial charge in [0, 0.05) is 154 Å². The number of benzene rings is 9. The number of hydrogen-bond acceptors (Lipinski definition) is 16. The molecule has 0 saturated heterocycles. The summed E-state index contributed by atoms with van der Waals surface area (Å²) in [5.74, 6) is -1.68. The summed E-state index contributed by atoms with van der Waals surface area (Å²) in [6, 6.07) is 74.5. The summed E-state index contributed by atoms with van der Waals surface area (Å²) < 4.78 is 72.9. The van der Waals surface area contributed by atoms with Crippen molar-refractivity contribution in [3.63, 3.8) is 0 Å². The molecule has 130 heavy (non-hydrogen) atoms. The zero-order chi connectivity index (χ0) is 94.2. The second-order valence-corrected chi connectivity index (χ2v) is 34.9. The predicted octanol–water partition coefficient (Wildman–Crippen LogP) is 15.2. The molecule has 0 radical (unpaired) electrons. The third kappa shape index (κ3) is 29.8. The first-order valence-electron chi connectivity index (χ1n) is 45.7. The van der Waals surface area contributed by atoms with Gasteiger partial charge in [-0.25, -0.2) is 46.6 Å². The molecule has 0 aromatic heterocycles. The molecule has 2 amide bonds. The molecule has 3 aliphatic rings. The van der Waals surface area contributed by atoms with Crippen LogP contribution in [0.4, 0.5) is 68.2 Å². The van der Waals surface area contributed by atoms with Gasteiger partial charge in [-0.15, -0.1) is 20.5 Å². The van der Waals surface area contributed by atoms with E-state index in [-0.39, 0.29) is 34.8 Å². The molecule has 20 nitrogen and oxygen atoms in total. The van der Waals surface area contributed by atoms with Crippen molar-refractivity contribution < 1.29 is 86.8 Å². The van der Waals surface area contributed by atoms with Gasteiger partial charge in [-0.3, -0.25) is 9.59 Å². The van der Waals surface area contributed by atoms with Crippen molar-refractivity contribution in [3.8, 4) is 0 Å². The third-order valence-corrected chi connectivity index (χ3v) is 23.2. The molecule has 2 atom stereocenters. The van der Waals surface area contributed by atoms with Crippen LogP contribution in [-0.2, 0) is 14.4 Å². The molecule has 9 aromatic carbocycles. The Labute approximate surface area is 774 Å². The Morgan fingerprint density at radius 1 is 0.392 bits per heavy atom. The predicted molar refractivity (Wildman–Crippen MR) is 506 cm³/mol. The minimum atomic E-state index is -4.94. The summed E-state index contributed by atoms with van der Waals surface area (Å²) in [5, 5.41) is 18.0. The number of carbonyl (C=O) groups is 3.